The van der Waals surface area contributed by atoms with Crippen molar-refractivity contribution in [3.05, 3.63) is 102 Å². The molecular weight excluding hydrogens is 390 g/mol. The summed E-state index contributed by atoms with van der Waals surface area (Å²) in [5, 5.41) is 11.9. The molecule has 0 saturated heterocycles. The van der Waals surface area contributed by atoms with Gasteiger partial charge in [0.1, 0.15) is 5.82 Å². The minimum atomic E-state index is 0.703. The molecule has 3 nitrogen and oxygen atoms in total. The molecule has 0 bridgehead atoms. The number of rotatable bonds is 6. The Morgan fingerprint density at radius 1 is 0.875 bits per heavy atom. The minimum absolute atomic E-state index is 0.703. The van der Waals surface area contributed by atoms with Gasteiger partial charge >= 0.3 is 0 Å². The van der Waals surface area contributed by atoms with Gasteiger partial charge in [-0.2, -0.15) is 5.26 Å². The monoisotopic (exact) mass is 415 g/mol. The van der Waals surface area contributed by atoms with Crippen LogP contribution in [0.3, 0.4) is 0 Å². The molecule has 0 aliphatic carbocycles. The molecule has 3 heteroatoms. The molecule has 4 aromatic carbocycles. The fourth-order valence-electron chi connectivity index (χ4n) is 4.45. The van der Waals surface area contributed by atoms with E-state index in [9.17, 15) is 5.26 Å². The number of aryl methyl sites for hydroxylation is 1. The topological polar surface area (TPSA) is 41.6 Å². The highest BCUT2D eigenvalue weighted by Crippen LogP contribution is 2.29. The van der Waals surface area contributed by atoms with Gasteiger partial charge in [0.15, 0.2) is 0 Å². The third kappa shape index (κ3) is 3.65. The average Bonchev–Trinajstić information content (AvgIpc) is 3.20. The number of nitriles is 1. The van der Waals surface area contributed by atoms with Crippen LogP contribution in [0.25, 0.3) is 32.9 Å². The summed E-state index contributed by atoms with van der Waals surface area (Å²) in [6.07, 6.45) is 3.26. The van der Waals surface area contributed by atoms with Gasteiger partial charge < -0.3 is 4.57 Å². The quantitative estimate of drug-likeness (QED) is 0.296. The summed E-state index contributed by atoms with van der Waals surface area (Å²) in [4.78, 5) is 5.01. The number of hydrogen-bond donors (Lipinski definition) is 0. The van der Waals surface area contributed by atoms with E-state index in [1.54, 1.807) is 0 Å². The van der Waals surface area contributed by atoms with Crippen LogP contribution in [-0.2, 0) is 13.0 Å². The standard InChI is InChI=1S/C29H25N3/c1-2-3-12-28-31-27-18-17-22-8-4-7-11-26(22)29(27)32(28)20-21-13-15-23(16-14-21)25-10-6-5-9-24(25)19-30/h4-11,13-18H,2-3,12,20H2,1H3. The second-order valence-corrected chi connectivity index (χ2v) is 8.23. The number of fused-ring (bicyclic) bond motifs is 3. The van der Waals surface area contributed by atoms with Gasteiger partial charge in [0, 0.05) is 18.4 Å². The maximum Gasteiger partial charge on any atom is 0.110 e. The summed E-state index contributed by atoms with van der Waals surface area (Å²) in [6.45, 7) is 3.00. The van der Waals surface area contributed by atoms with Gasteiger partial charge in [-0.3, -0.25) is 0 Å². The van der Waals surface area contributed by atoms with Crippen molar-refractivity contribution in [2.75, 3.05) is 0 Å². The number of imidazole rings is 1. The van der Waals surface area contributed by atoms with Crippen molar-refractivity contribution < 1.29 is 0 Å². The Kier molecular flexibility index (Phi) is 5.44. The van der Waals surface area contributed by atoms with Gasteiger partial charge in [0.2, 0.25) is 0 Å². The zero-order valence-electron chi connectivity index (χ0n) is 18.3. The van der Waals surface area contributed by atoms with Crippen molar-refractivity contribution in [3.63, 3.8) is 0 Å². The summed E-state index contributed by atoms with van der Waals surface area (Å²) < 4.78 is 2.39. The molecule has 0 aliphatic rings. The van der Waals surface area contributed by atoms with Crippen molar-refractivity contribution in [3.8, 4) is 17.2 Å². The highest BCUT2D eigenvalue weighted by Gasteiger charge is 2.14. The van der Waals surface area contributed by atoms with E-state index in [0.29, 0.717) is 5.56 Å². The van der Waals surface area contributed by atoms with E-state index in [-0.39, 0.29) is 0 Å². The van der Waals surface area contributed by atoms with Crippen molar-refractivity contribution in [2.24, 2.45) is 0 Å². The number of aromatic nitrogens is 2. The SMILES string of the molecule is CCCCc1nc2ccc3ccccc3c2n1Cc1ccc(-c2ccccc2C#N)cc1. The van der Waals surface area contributed by atoms with Crippen molar-refractivity contribution in [2.45, 2.75) is 32.7 Å². The lowest BCUT2D eigenvalue weighted by atomic mass is 9.99. The summed E-state index contributed by atoms with van der Waals surface area (Å²) in [6, 6.07) is 31.5. The molecular formula is C29H25N3. The zero-order chi connectivity index (χ0) is 21.9. The molecule has 0 N–H and O–H groups in total. The van der Waals surface area contributed by atoms with E-state index in [1.807, 2.05) is 24.3 Å². The molecule has 5 rings (SSSR count). The van der Waals surface area contributed by atoms with Crippen LogP contribution in [0.4, 0.5) is 0 Å². The van der Waals surface area contributed by atoms with Gasteiger partial charge in [0.25, 0.3) is 0 Å². The Morgan fingerprint density at radius 3 is 2.47 bits per heavy atom. The molecule has 1 heterocycles. The third-order valence-electron chi connectivity index (χ3n) is 6.12. The summed E-state index contributed by atoms with van der Waals surface area (Å²) in [5.74, 6) is 1.15. The zero-order valence-corrected chi connectivity index (χ0v) is 18.3. The molecule has 32 heavy (non-hydrogen) atoms. The highest BCUT2D eigenvalue weighted by molar-refractivity contribution is 6.04. The second-order valence-electron chi connectivity index (χ2n) is 8.23. The fourth-order valence-corrected chi connectivity index (χ4v) is 4.45. The van der Waals surface area contributed by atoms with Gasteiger partial charge in [-0.25, -0.2) is 4.98 Å². The van der Waals surface area contributed by atoms with Gasteiger partial charge in [-0.15, -0.1) is 0 Å². The lowest BCUT2D eigenvalue weighted by Crippen LogP contribution is -2.05. The Balaban J connectivity index is 1.57. The molecule has 0 aliphatic heterocycles. The maximum atomic E-state index is 9.43. The molecule has 0 fully saturated rings. The molecule has 0 amide bonds. The van der Waals surface area contributed by atoms with E-state index in [2.05, 4.69) is 78.2 Å². The fraction of sp³-hybridized carbons (Fsp3) is 0.172. The van der Waals surface area contributed by atoms with Gasteiger partial charge in [-0.05, 0) is 40.6 Å². The molecule has 0 radical (unpaired) electrons. The van der Waals surface area contributed by atoms with Crippen molar-refractivity contribution >= 4 is 21.8 Å². The smallest absolute Gasteiger partial charge is 0.110 e. The number of unbranched alkanes of at least 4 members (excludes halogenated alkanes) is 1. The number of benzene rings is 4. The normalized spacial score (nSPS) is 11.1. The molecule has 0 saturated carbocycles. The summed E-state index contributed by atoms with van der Waals surface area (Å²) >= 11 is 0. The highest BCUT2D eigenvalue weighted by atomic mass is 15.1. The van der Waals surface area contributed by atoms with E-state index >= 15 is 0 Å². The first-order chi connectivity index (χ1) is 15.8. The largest absolute Gasteiger partial charge is 0.323 e. The van der Waals surface area contributed by atoms with Crippen LogP contribution in [0.5, 0.6) is 0 Å². The van der Waals surface area contributed by atoms with Crippen LogP contribution in [0.15, 0.2) is 84.9 Å². The van der Waals surface area contributed by atoms with E-state index < -0.39 is 0 Å². The second kappa shape index (κ2) is 8.69. The lowest BCUT2D eigenvalue weighted by Gasteiger charge is -2.12. The Bertz CT molecular complexity index is 1440. The minimum Gasteiger partial charge on any atom is -0.323 e. The first-order valence-corrected chi connectivity index (χ1v) is 11.2. The van der Waals surface area contributed by atoms with Crippen LogP contribution < -0.4 is 0 Å². The first-order valence-electron chi connectivity index (χ1n) is 11.2. The van der Waals surface area contributed by atoms with Crippen LogP contribution in [0.2, 0.25) is 0 Å². The molecule has 156 valence electrons. The van der Waals surface area contributed by atoms with Gasteiger partial charge in [0.05, 0.1) is 22.7 Å². The van der Waals surface area contributed by atoms with Crippen LogP contribution in [-0.4, -0.2) is 9.55 Å². The Morgan fingerprint density at radius 2 is 1.66 bits per heavy atom. The van der Waals surface area contributed by atoms with Crippen LogP contribution in [0.1, 0.15) is 36.7 Å². The Labute approximate surface area is 188 Å². The van der Waals surface area contributed by atoms with Crippen LogP contribution >= 0.6 is 0 Å². The number of nitrogens with zero attached hydrogens (tertiary/aromatic N) is 3. The van der Waals surface area contributed by atoms with E-state index in [4.69, 9.17) is 4.98 Å². The van der Waals surface area contributed by atoms with Gasteiger partial charge in [-0.1, -0.05) is 86.1 Å². The molecule has 0 atom stereocenters. The predicted octanol–water partition coefficient (Wildman–Crippen LogP) is 7.12. The van der Waals surface area contributed by atoms with Crippen molar-refractivity contribution in [1.82, 2.24) is 9.55 Å². The molecule has 0 unspecified atom stereocenters. The molecule has 1 aromatic heterocycles. The van der Waals surface area contributed by atoms with E-state index in [1.165, 1.54) is 21.9 Å². The molecule has 5 aromatic rings. The average molecular weight is 416 g/mol. The maximum absolute atomic E-state index is 9.43. The third-order valence-corrected chi connectivity index (χ3v) is 6.12. The molecule has 0 spiro atoms. The summed E-state index contributed by atoms with van der Waals surface area (Å²) in [7, 11) is 0. The Hall–Kier alpha value is -3.90. The van der Waals surface area contributed by atoms with Crippen LogP contribution in [0, 0.1) is 11.3 Å². The number of hydrogen-bond acceptors (Lipinski definition) is 2. The predicted molar refractivity (Wildman–Crippen MR) is 132 cm³/mol. The first kappa shape index (κ1) is 20.0. The summed E-state index contributed by atoms with van der Waals surface area (Å²) in [5.41, 5.74) is 6.26. The lowest BCUT2D eigenvalue weighted by molar-refractivity contribution is 0.691. The van der Waals surface area contributed by atoms with Crippen molar-refractivity contribution in [1.29, 1.82) is 5.26 Å². The van der Waals surface area contributed by atoms with E-state index in [0.717, 1.165) is 48.3 Å².